The maximum absolute atomic E-state index is 12.1. The van der Waals surface area contributed by atoms with Gasteiger partial charge in [-0.1, -0.05) is 81.7 Å². The summed E-state index contributed by atoms with van der Waals surface area (Å²) in [4.78, 5) is 2.74. The molecule has 174 valence electrons. The Morgan fingerprint density at radius 2 is 1.77 bits per heavy atom. The van der Waals surface area contributed by atoms with Gasteiger partial charge < -0.3 is 10.4 Å². The molecule has 2 N–H and O–H groups in total. The maximum Gasteiger partial charge on any atom is 0.0936 e. The Balaban J connectivity index is 1.45. The Bertz CT molecular complexity index is 640. The fourth-order valence-corrected chi connectivity index (χ4v) is 6.51. The van der Waals surface area contributed by atoms with E-state index in [1.165, 1.54) is 70.8 Å². The SMILES string of the molecule is CNC[C@H](CC1CCCCC1)N1CCC[C@@H](C(O)(CCCC2CC2)c2ccccc2)C1. The Morgan fingerprint density at radius 3 is 2.48 bits per heavy atom. The highest BCUT2D eigenvalue weighted by Gasteiger charge is 2.41. The molecule has 4 rings (SSSR count). The summed E-state index contributed by atoms with van der Waals surface area (Å²) in [6.45, 7) is 3.32. The number of likely N-dealkylation sites (tertiary alicyclic amines) is 1. The number of hydrogen-bond donors (Lipinski definition) is 2. The van der Waals surface area contributed by atoms with Crippen LogP contribution < -0.4 is 5.32 Å². The van der Waals surface area contributed by atoms with E-state index in [1.807, 2.05) is 0 Å². The van der Waals surface area contributed by atoms with Crippen molar-refractivity contribution < 1.29 is 5.11 Å². The average molecular weight is 427 g/mol. The molecule has 1 saturated heterocycles. The van der Waals surface area contributed by atoms with E-state index in [9.17, 15) is 5.11 Å². The highest BCUT2D eigenvalue weighted by Crippen LogP contribution is 2.42. The molecule has 2 saturated carbocycles. The molecule has 0 radical (unpaired) electrons. The van der Waals surface area contributed by atoms with E-state index >= 15 is 0 Å². The van der Waals surface area contributed by atoms with Gasteiger partial charge in [0.1, 0.15) is 0 Å². The van der Waals surface area contributed by atoms with Gasteiger partial charge >= 0.3 is 0 Å². The first-order valence-electron chi connectivity index (χ1n) is 13.4. The molecule has 3 aliphatic rings. The zero-order valence-electron chi connectivity index (χ0n) is 19.9. The van der Waals surface area contributed by atoms with Crippen LogP contribution in [0, 0.1) is 17.8 Å². The lowest BCUT2D eigenvalue weighted by Crippen LogP contribution is -2.52. The Morgan fingerprint density at radius 1 is 1.00 bits per heavy atom. The van der Waals surface area contributed by atoms with Crippen LogP contribution in [0.3, 0.4) is 0 Å². The van der Waals surface area contributed by atoms with E-state index in [1.54, 1.807) is 0 Å². The van der Waals surface area contributed by atoms with Crippen LogP contribution in [0.4, 0.5) is 0 Å². The molecular weight excluding hydrogens is 380 g/mol. The van der Waals surface area contributed by atoms with E-state index in [4.69, 9.17) is 0 Å². The minimum Gasteiger partial charge on any atom is -0.385 e. The number of likely N-dealkylation sites (N-methyl/N-ethyl adjacent to an activating group) is 1. The van der Waals surface area contributed by atoms with Crippen LogP contribution >= 0.6 is 0 Å². The molecule has 3 atom stereocenters. The van der Waals surface area contributed by atoms with Gasteiger partial charge in [-0.25, -0.2) is 0 Å². The summed E-state index contributed by atoms with van der Waals surface area (Å²) in [7, 11) is 2.10. The summed E-state index contributed by atoms with van der Waals surface area (Å²) >= 11 is 0. The summed E-state index contributed by atoms with van der Waals surface area (Å²) in [5.74, 6) is 2.19. The molecule has 31 heavy (non-hydrogen) atoms. The predicted octanol–water partition coefficient (Wildman–Crippen LogP) is 5.72. The Labute approximate surface area is 191 Å². The topological polar surface area (TPSA) is 35.5 Å². The number of hydrogen-bond acceptors (Lipinski definition) is 3. The van der Waals surface area contributed by atoms with E-state index in [2.05, 4.69) is 47.6 Å². The summed E-state index contributed by atoms with van der Waals surface area (Å²) in [5.41, 5.74) is 0.472. The standard InChI is InChI=1S/C28H46N2O/c1-29-21-27(20-24-10-4-2-5-11-24)30-19-9-15-26(22-30)28(31,18-8-12-23-16-17-23)25-13-6-3-7-14-25/h3,6-7,13-14,23-24,26-27,29,31H,2,4-5,8-12,15-22H2,1H3/t26-,27+,28?/m1/s1. The van der Waals surface area contributed by atoms with Gasteiger partial charge in [0.2, 0.25) is 0 Å². The molecule has 1 aliphatic heterocycles. The van der Waals surface area contributed by atoms with Crippen molar-refractivity contribution in [3.63, 3.8) is 0 Å². The Hall–Kier alpha value is -0.900. The third kappa shape index (κ3) is 6.33. The highest BCUT2D eigenvalue weighted by molar-refractivity contribution is 5.24. The second-order valence-corrected chi connectivity index (χ2v) is 10.9. The lowest BCUT2D eigenvalue weighted by atomic mass is 9.73. The van der Waals surface area contributed by atoms with E-state index < -0.39 is 5.60 Å². The van der Waals surface area contributed by atoms with Crippen molar-refractivity contribution in [3.05, 3.63) is 35.9 Å². The largest absolute Gasteiger partial charge is 0.385 e. The average Bonchev–Trinajstić information content (AvgIpc) is 3.64. The van der Waals surface area contributed by atoms with Crippen molar-refractivity contribution in [1.29, 1.82) is 0 Å². The van der Waals surface area contributed by atoms with Crippen LogP contribution in [0.15, 0.2) is 30.3 Å². The van der Waals surface area contributed by atoms with Crippen LogP contribution in [0.2, 0.25) is 0 Å². The number of benzene rings is 1. The van der Waals surface area contributed by atoms with Crippen LogP contribution in [-0.4, -0.2) is 42.7 Å². The molecular formula is C28H46N2O. The molecule has 2 aliphatic carbocycles. The van der Waals surface area contributed by atoms with Crippen molar-refractivity contribution in [2.45, 2.75) is 95.1 Å². The van der Waals surface area contributed by atoms with Gasteiger partial charge in [0.05, 0.1) is 5.60 Å². The molecule has 0 aromatic heterocycles. The van der Waals surface area contributed by atoms with Crippen molar-refractivity contribution in [2.75, 3.05) is 26.7 Å². The first kappa shape index (κ1) is 23.3. The predicted molar refractivity (Wildman–Crippen MR) is 130 cm³/mol. The van der Waals surface area contributed by atoms with Crippen LogP contribution in [0.5, 0.6) is 0 Å². The zero-order chi connectivity index (χ0) is 21.5. The monoisotopic (exact) mass is 426 g/mol. The molecule has 0 amide bonds. The van der Waals surface area contributed by atoms with Gasteiger partial charge in [0.15, 0.2) is 0 Å². The zero-order valence-corrected chi connectivity index (χ0v) is 19.9. The normalized spacial score (nSPS) is 26.5. The minimum absolute atomic E-state index is 0.341. The van der Waals surface area contributed by atoms with Crippen molar-refractivity contribution >= 4 is 0 Å². The molecule has 1 aromatic rings. The highest BCUT2D eigenvalue weighted by atomic mass is 16.3. The molecule has 0 bridgehead atoms. The quantitative estimate of drug-likeness (QED) is 0.475. The van der Waals surface area contributed by atoms with E-state index in [-0.39, 0.29) is 0 Å². The molecule has 1 heterocycles. The summed E-state index contributed by atoms with van der Waals surface area (Å²) in [6, 6.07) is 11.2. The fourth-order valence-electron chi connectivity index (χ4n) is 6.51. The van der Waals surface area contributed by atoms with E-state index in [0.29, 0.717) is 12.0 Å². The first-order valence-corrected chi connectivity index (χ1v) is 13.4. The smallest absolute Gasteiger partial charge is 0.0936 e. The lowest BCUT2D eigenvalue weighted by Gasteiger charge is -2.46. The maximum atomic E-state index is 12.1. The Kier molecular flexibility index (Phi) is 8.48. The molecule has 0 spiro atoms. The van der Waals surface area contributed by atoms with Crippen molar-refractivity contribution in [2.24, 2.45) is 17.8 Å². The third-order valence-electron chi connectivity index (χ3n) is 8.56. The molecule has 3 heteroatoms. The van der Waals surface area contributed by atoms with Gasteiger partial charge in [-0.2, -0.15) is 0 Å². The van der Waals surface area contributed by atoms with Crippen molar-refractivity contribution in [3.8, 4) is 0 Å². The number of nitrogens with zero attached hydrogens (tertiary/aromatic N) is 1. The second-order valence-electron chi connectivity index (χ2n) is 10.9. The van der Waals surface area contributed by atoms with Gasteiger partial charge in [0, 0.05) is 25.0 Å². The number of piperidine rings is 1. The summed E-state index contributed by atoms with van der Waals surface area (Å²) in [5, 5.41) is 15.6. The van der Waals surface area contributed by atoms with E-state index in [0.717, 1.165) is 49.8 Å². The molecule has 3 fully saturated rings. The van der Waals surface area contributed by atoms with Crippen LogP contribution in [0.25, 0.3) is 0 Å². The van der Waals surface area contributed by atoms with Gasteiger partial charge in [-0.3, -0.25) is 4.90 Å². The van der Waals surface area contributed by atoms with Crippen molar-refractivity contribution in [1.82, 2.24) is 10.2 Å². The second kappa shape index (κ2) is 11.3. The minimum atomic E-state index is -0.677. The fraction of sp³-hybridized carbons (Fsp3) is 0.786. The summed E-state index contributed by atoms with van der Waals surface area (Å²) in [6.07, 6.45) is 17.0. The number of nitrogens with one attached hydrogen (secondary N) is 1. The van der Waals surface area contributed by atoms with Gasteiger partial charge in [-0.15, -0.1) is 0 Å². The number of rotatable bonds is 11. The van der Waals surface area contributed by atoms with Gasteiger partial charge in [-0.05, 0) is 63.1 Å². The third-order valence-corrected chi connectivity index (χ3v) is 8.56. The molecule has 3 nitrogen and oxygen atoms in total. The summed E-state index contributed by atoms with van der Waals surface area (Å²) < 4.78 is 0. The molecule has 1 aromatic carbocycles. The van der Waals surface area contributed by atoms with Crippen LogP contribution in [-0.2, 0) is 5.60 Å². The van der Waals surface area contributed by atoms with Gasteiger partial charge in [0.25, 0.3) is 0 Å². The molecule has 1 unspecified atom stereocenters. The first-order chi connectivity index (χ1) is 15.2. The number of aliphatic hydroxyl groups is 1. The van der Waals surface area contributed by atoms with Crippen LogP contribution in [0.1, 0.15) is 89.0 Å². The lowest BCUT2D eigenvalue weighted by molar-refractivity contribution is -0.0686.